The van der Waals surface area contributed by atoms with Crippen molar-refractivity contribution in [3.05, 3.63) is 11.2 Å². The van der Waals surface area contributed by atoms with Crippen molar-refractivity contribution in [3.8, 4) is 0 Å². The van der Waals surface area contributed by atoms with Gasteiger partial charge < -0.3 is 12.4 Å². The fraction of sp³-hybridized carbons (Fsp3) is 0. The van der Waals surface area contributed by atoms with Crippen molar-refractivity contribution in [2.45, 2.75) is 0 Å². The number of nitrogens with two attached hydrogens (primary N) is 1. The maximum atomic E-state index is 10.4. The first-order chi connectivity index (χ1) is 3.80. The fourth-order valence-electron chi connectivity index (χ4n) is 0.362. The Morgan fingerprint density at radius 1 is 1.67 bits per heavy atom. The van der Waals surface area contributed by atoms with Gasteiger partial charge in [0.1, 0.15) is 0 Å². The lowest BCUT2D eigenvalue weighted by molar-refractivity contribution is -0.439. The largest absolute Gasteiger partial charge is 1.00 e. The minimum absolute atomic E-state index is 0. The Morgan fingerprint density at radius 2 is 2.33 bits per heavy atom. The summed E-state index contributed by atoms with van der Waals surface area (Å²) >= 11 is 5.33. The van der Waals surface area contributed by atoms with Crippen LogP contribution < -0.4 is 17.7 Å². The highest BCUT2D eigenvalue weighted by Crippen LogP contribution is 1.98. The van der Waals surface area contributed by atoms with E-state index in [1.807, 2.05) is 0 Å². The Kier molecular flexibility index (Phi) is 3.46. The summed E-state index contributed by atoms with van der Waals surface area (Å²) in [6.07, 6.45) is 2.73. The van der Waals surface area contributed by atoms with Crippen LogP contribution in [0, 0.1) is 0 Å². The molecule has 0 aromatic rings. The van der Waals surface area contributed by atoms with Gasteiger partial charge in [-0.3, -0.25) is 0 Å². The van der Waals surface area contributed by atoms with E-state index in [-0.39, 0.29) is 23.3 Å². The van der Waals surface area contributed by atoms with E-state index >= 15 is 0 Å². The summed E-state index contributed by atoms with van der Waals surface area (Å²) in [4.78, 5) is 14.1. The second-order valence-electron chi connectivity index (χ2n) is 1.31. The van der Waals surface area contributed by atoms with Crippen LogP contribution in [0.3, 0.4) is 0 Å². The molecule has 0 atom stereocenters. The summed E-state index contributed by atoms with van der Waals surface area (Å²) in [6.45, 7) is 0. The smallest absolute Gasteiger partial charge is 0.361 e. The van der Waals surface area contributed by atoms with E-state index in [9.17, 15) is 4.79 Å². The molecule has 1 heterocycles. The molecule has 0 aromatic carbocycles. The fourth-order valence-corrected chi connectivity index (χ4v) is 0.482. The van der Waals surface area contributed by atoms with Crippen LogP contribution in [0.25, 0.3) is 0 Å². The molecule has 0 fully saturated rings. The van der Waals surface area contributed by atoms with Gasteiger partial charge in [-0.05, 0) is 0 Å². The molecule has 1 aliphatic heterocycles. The molecule has 5 heteroatoms. The molecule has 2 N–H and O–H groups in total. The number of carbonyl (C=O) groups is 1. The molecule has 0 saturated carbocycles. The number of rotatable bonds is 0. The molecular weight excluding hydrogens is 163 g/mol. The quantitative estimate of drug-likeness (QED) is 0.395. The number of carbonyl (C=O) groups excluding carboxylic acids is 1. The highest BCUT2D eigenvalue weighted by atomic mass is 35.5. The number of aliphatic imine (C=N–C) groups is 1. The van der Waals surface area contributed by atoms with Crippen molar-refractivity contribution in [2.75, 3.05) is 0 Å². The summed E-state index contributed by atoms with van der Waals surface area (Å²) in [5.41, 5.74) is 0. The van der Waals surface area contributed by atoms with Gasteiger partial charge in [0, 0.05) is 0 Å². The van der Waals surface area contributed by atoms with E-state index in [2.05, 4.69) is 4.99 Å². The summed E-state index contributed by atoms with van der Waals surface area (Å²) in [6, 6.07) is 0. The van der Waals surface area contributed by atoms with E-state index in [0.29, 0.717) is 0 Å². The second-order valence-corrected chi connectivity index (χ2v) is 1.71. The van der Waals surface area contributed by atoms with Gasteiger partial charge in [-0.25, -0.2) is 15.1 Å². The third kappa shape index (κ3) is 2.13. The summed E-state index contributed by atoms with van der Waals surface area (Å²) in [5, 5.41) is 1.50. The van der Waals surface area contributed by atoms with Crippen LogP contribution in [0.4, 0.5) is 0 Å². The highest BCUT2D eigenvalue weighted by Gasteiger charge is 2.11. The van der Waals surface area contributed by atoms with Crippen LogP contribution >= 0.6 is 11.6 Å². The van der Waals surface area contributed by atoms with Crippen molar-refractivity contribution in [3.63, 3.8) is 0 Å². The number of primary amides is 1. The zero-order valence-electron chi connectivity index (χ0n) is 4.34. The molecule has 0 aromatic heterocycles. The van der Waals surface area contributed by atoms with Crippen LogP contribution in [0.1, 0.15) is 0 Å². The first kappa shape index (κ1) is 8.62. The van der Waals surface area contributed by atoms with Gasteiger partial charge in [0.25, 0.3) is 0 Å². The summed E-state index contributed by atoms with van der Waals surface area (Å²) in [7, 11) is 0. The number of hydrogen-bond acceptors (Lipinski definition) is 2. The number of halogens is 2. The Morgan fingerprint density at radius 3 is 2.67 bits per heavy atom. The SMILES string of the molecule is O=C1[NH2+]C=NC=C1Cl.[Cl-]. The van der Waals surface area contributed by atoms with Crippen molar-refractivity contribution in [1.29, 1.82) is 0 Å². The van der Waals surface area contributed by atoms with Gasteiger partial charge in [0.2, 0.25) is 0 Å². The predicted molar refractivity (Wildman–Crippen MR) is 29.4 cm³/mol. The number of amides is 1. The second kappa shape index (κ2) is 3.61. The summed E-state index contributed by atoms with van der Waals surface area (Å²) in [5.74, 6) is -0.179. The Bertz CT molecular complexity index is 175. The molecule has 0 aliphatic carbocycles. The first-order valence-corrected chi connectivity index (χ1v) is 2.45. The van der Waals surface area contributed by atoms with Crippen LogP contribution in [-0.2, 0) is 4.79 Å². The summed E-state index contributed by atoms with van der Waals surface area (Å²) < 4.78 is 0. The molecule has 50 valence electrons. The van der Waals surface area contributed by atoms with Crippen molar-refractivity contribution >= 4 is 23.8 Å². The van der Waals surface area contributed by atoms with Crippen LogP contribution in [0.5, 0.6) is 0 Å². The van der Waals surface area contributed by atoms with Gasteiger partial charge in [0.05, 0.1) is 6.20 Å². The number of nitrogens with zero attached hydrogens (tertiary/aromatic N) is 1. The molecule has 1 amide bonds. The van der Waals surface area contributed by atoms with Crippen LogP contribution in [-0.4, -0.2) is 12.2 Å². The lowest BCUT2D eigenvalue weighted by Crippen LogP contribution is -3.00. The van der Waals surface area contributed by atoms with Gasteiger partial charge in [-0.15, -0.1) is 0 Å². The number of hydrogen-bond donors (Lipinski definition) is 1. The standard InChI is InChI=1S/C4H3ClN2O.ClH/c5-3-1-6-2-7-4(3)8;/h1-2H,(H,6,7,8);1H. The third-order valence-corrected chi connectivity index (χ3v) is 1.02. The zero-order valence-corrected chi connectivity index (χ0v) is 5.86. The van der Waals surface area contributed by atoms with Crippen molar-refractivity contribution in [2.24, 2.45) is 4.99 Å². The molecule has 0 spiro atoms. The van der Waals surface area contributed by atoms with Gasteiger partial charge in [-0.1, -0.05) is 11.6 Å². The normalized spacial score (nSPS) is 16.6. The minimum atomic E-state index is -0.179. The molecule has 1 aliphatic rings. The molecule has 0 unspecified atom stereocenters. The maximum Gasteiger partial charge on any atom is 0.361 e. The van der Waals surface area contributed by atoms with E-state index in [1.165, 1.54) is 17.9 Å². The van der Waals surface area contributed by atoms with E-state index < -0.39 is 0 Å². The van der Waals surface area contributed by atoms with Gasteiger partial charge in [0.15, 0.2) is 11.4 Å². The van der Waals surface area contributed by atoms with Crippen molar-refractivity contribution < 1.29 is 22.5 Å². The Labute approximate surface area is 63.2 Å². The van der Waals surface area contributed by atoms with Gasteiger partial charge in [-0.2, -0.15) is 0 Å². The van der Waals surface area contributed by atoms with Crippen molar-refractivity contribution in [1.82, 2.24) is 0 Å². The molecule has 1 rings (SSSR count). The maximum absolute atomic E-state index is 10.4. The molecule has 0 bridgehead atoms. The predicted octanol–water partition coefficient (Wildman–Crippen LogP) is -3.80. The first-order valence-electron chi connectivity index (χ1n) is 2.07. The average Bonchev–Trinajstić information content (AvgIpc) is 1.77. The Balaban J connectivity index is 0.000000640. The lowest BCUT2D eigenvalue weighted by Gasteiger charge is -1.92. The topological polar surface area (TPSA) is 46.0 Å². The molecule has 0 saturated heterocycles. The van der Waals surface area contributed by atoms with E-state index in [1.54, 1.807) is 0 Å². The lowest BCUT2D eigenvalue weighted by atomic mass is 10.5. The minimum Gasteiger partial charge on any atom is -1.00 e. The highest BCUT2D eigenvalue weighted by molar-refractivity contribution is 6.41. The molecule has 0 radical (unpaired) electrons. The van der Waals surface area contributed by atoms with Gasteiger partial charge >= 0.3 is 5.91 Å². The monoisotopic (exact) mass is 166 g/mol. The Hall–Kier alpha value is -0.380. The molecule has 3 nitrogen and oxygen atoms in total. The number of quaternary nitrogens is 1. The average molecular weight is 167 g/mol. The van der Waals surface area contributed by atoms with E-state index in [4.69, 9.17) is 11.6 Å². The molecule has 9 heavy (non-hydrogen) atoms. The molecular formula is C4H4Cl2N2O. The van der Waals surface area contributed by atoms with Crippen LogP contribution in [0.2, 0.25) is 0 Å². The zero-order chi connectivity index (χ0) is 5.98. The third-order valence-electron chi connectivity index (χ3n) is 0.735. The van der Waals surface area contributed by atoms with E-state index in [0.717, 1.165) is 0 Å². The van der Waals surface area contributed by atoms with Crippen LogP contribution in [0.15, 0.2) is 16.2 Å².